The normalized spacial score (nSPS) is 16.9. The van der Waals surface area contributed by atoms with Crippen molar-refractivity contribution in [1.82, 2.24) is 4.90 Å². The smallest absolute Gasteiger partial charge is 0.342 e. The molecule has 0 unspecified atom stereocenters. The molecule has 1 aliphatic rings. The number of esters is 1. The Kier molecular flexibility index (Phi) is 3.88. The predicted octanol–water partition coefficient (Wildman–Crippen LogP) is 0.974. The number of rotatable bonds is 4. The molecule has 0 radical (unpaired) electrons. The first-order valence-corrected chi connectivity index (χ1v) is 5.07. The van der Waals surface area contributed by atoms with Crippen LogP contribution in [-0.4, -0.2) is 37.9 Å². The molecule has 4 heteroatoms. The first-order chi connectivity index (χ1) is 7.06. The summed E-state index contributed by atoms with van der Waals surface area (Å²) in [6, 6.07) is 0. The van der Waals surface area contributed by atoms with Gasteiger partial charge in [-0.15, -0.1) is 0 Å². The zero-order valence-corrected chi connectivity index (χ0v) is 9.45. The Morgan fingerprint density at radius 3 is 2.27 bits per heavy atom. The molecule has 0 aromatic carbocycles. The molecule has 1 aliphatic carbocycles. The predicted molar refractivity (Wildman–Crippen MR) is 56.1 cm³/mol. The van der Waals surface area contributed by atoms with E-state index in [9.17, 15) is 9.59 Å². The summed E-state index contributed by atoms with van der Waals surface area (Å²) >= 11 is 0. The summed E-state index contributed by atoms with van der Waals surface area (Å²) in [5.74, 6) is -0.599. The van der Waals surface area contributed by atoms with Gasteiger partial charge in [0.05, 0.1) is 7.11 Å². The number of hydrogen-bond donors (Lipinski definition) is 0. The average Bonchev–Trinajstić information content (AvgIpc) is 2.09. The van der Waals surface area contributed by atoms with E-state index in [1.165, 1.54) is 13.3 Å². The first kappa shape index (κ1) is 11.8. The molecule has 0 aliphatic heterocycles. The van der Waals surface area contributed by atoms with Crippen LogP contribution in [-0.2, 0) is 14.3 Å². The third kappa shape index (κ3) is 2.81. The molecule has 84 valence electrons. The molecule has 0 bridgehead atoms. The van der Waals surface area contributed by atoms with Gasteiger partial charge in [-0.05, 0) is 12.8 Å². The van der Waals surface area contributed by atoms with Crippen LogP contribution in [0.2, 0.25) is 0 Å². The minimum atomic E-state index is -0.541. The van der Waals surface area contributed by atoms with Crippen molar-refractivity contribution in [2.24, 2.45) is 5.92 Å². The van der Waals surface area contributed by atoms with Crippen LogP contribution in [0.1, 0.15) is 19.3 Å². The Hall–Kier alpha value is -1.32. The fraction of sp³-hybridized carbons (Fsp3) is 0.636. The summed E-state index contributed by atoms with van der Waals surface area (Å²) in [7, 11) is 4.84. The SMILES string of the molecule is COC(=O)/C(=C/N(C)C)C(=O)C1CCC1. The molecule has 1 saturated carbocycles. The van der Waals surface area contributed by atoms with E-state index < -0.39 is 5.97 Å². The Balaban J connectivity index is 2.79. The summed E-state index contributed by atoms with van der Waals surface area (Å²) in [6.07, 6.45) is 4.39. The fourth-order valence-corrected chi connectivity index (χ4v) is 1.48. The maximum absolute atomic E-state index is 11.9. The lowest BCUT2D eigenvalue weighted by atomic mass is 9.80. The number of hydrogen-bond acceptors (Lipinski definition) is 4. The molecular formula is C11H17NO3. The Morgan fingerprint density at radius 1 is 1.33 bits per heavy atom. The lowest BCUT2D eigenvalue weighted by Gasteiger charge is -2.24. The summed E-state index contributed by atoms with van der Waals surface area (Å²) in [5.41, 5.74) is 0.159. The molecular weight excluding hydrogens is 194 g/mol. The largest absolute Gasteiger partial charge is 0.465 e. The van der Waals surface area contributed by atoms with Crippen LogP contribution in [0.5, 0.6) is 0 Å². The van der Waals surface area contributed by atoms with E-state index in [4.69, 9.17) is 0 Å². The molecule has 15 heavy (non-hydrogen) atoms. The number of carbonyl (C=O) groups is 2. The van der Waals surface area contributed by atoms with Gasteiger partial charge in [-0.1, -0.05) is 6.42 Å². The minimum absolute atomic E-state index is 0.0234. The fourth-order valence-electron chi connectivity index (χ4n) is 1.48. The Bertz CT molecular complexity index is 290. The highest BCUT2D eigenvalue weighted by atomic mass is 16.5. The van der Waals surface area contributed by atoms with Gasteiger partial charge in [0, 0.05) is 26.2 Å². The highest BCUT2D eigenvalue weighted by molar-refractivity contribution is 6.18. The molecule has 0 N–H and O–H groups in total. The number of nitrogens with zero attached hydrogens (tertiary/aromatic N) is 1. The monoisotopic (exact) mass is 211 g/mol. The van der Waals surface area contributed by atoms with Gasteiger partial charge < -0.3 is 9.64 Å². The van der Waals surface area contributed by atoms with Crippen molar-refractivity contribution in [2.75, 3.05) is 21.2 Å². The van der Waals surface area contributed by atoms with Crippen molar-refractivity contribution in [1.29, 1.82) is 0 Å². The average molecular weight is 211 g/mol. The van der Waals surface area contributed by atoms with E-state index in [-0.39, 0.29) is 17.3 Å². The van der Waals surface area contributed by atoms with Crippen LogP contribution >= 0.6 is 0 Å². The van der Waals surface area contributed by atoms with Gasteiger partial charge in [-0.25, -0.2) is 4.79 Å². The number of carbonyl (C=O) groups excluding carboxylic acids is 2. The molecule has 0 atom stereocenters. The lowest BCUT2D eigenvalue weighted by molar-refractivity contribution is -0.138. The highest BCUT2D eigenvalue weighted by Crippen LogP contribution is 2.29. The van der Waals surface area contributed by atoms with Gasteiger partial charge in [0.2, 0.25) is 0 Å². The topological polar surface area (TPSA) is 46.6 Å². The van der Waals surface area contributed by atoms with Gasteiger partial charge in [-0.3, -0.25) is 4.79 Å². The summed E-state index contributed by atoms with van der Waals surface area (Å²) < 4.78 is 4.60. The Labute approximate surface area is 89.9 Å². The quantitative estimate of drug-likeness (QED) is 0.301. The molecule has 4 nitrogen and oxygen atoms in total. The van der Waals surface area contributed by atoms with E-state index >= 15 is 0 Å². The molecule has 0 aromatic rings. The Morgan fingerprint density at radius 2 is 1.93 bits per heavy atom. The third-order valence-electron chi connectivity index (χ3n) is 2.53. The molecule has 0 amide bonds. The van der Waals surface area contributed by atoms with Gasteiger partial charge >= 0.3 is 5.97 Å². The van der Waals surface area contributed by atoms with Gasteiger partial charge in [0.1, 0.15) is 5.57 Å². The van der Waals surface area contributed by atoms with E-state index in [0.29, 0.717) is 0 Å². The van der Waals surface area contributed by atoms with Crippen LogP contribution in [0.15, 0.2) is 11.8 Å². The van der Waals surface area contributed by atoms with Gasteiger partial charge in [0.25, 0.3) is 0 Å². The lowest BCUT2D eigenvalue weighted by Crippen LogP contribution is -2.28. The standard InChI is InChI=1S/C11H17NO3/c1-12(2)7-9(11(14)15-3)10(13)8-5-4-6-8/h7-8H,4-6H2,1-3H3/b9-7+. The van der Waals surface area contributed by atoms with Crippen LogP contribution in [0.25, 0.3) is 0 Å². The van der Waals surface area contributed by atoms with Crippen molar-refractivity contribution in [3.05, 3.63) is 11.8 Å². The van der Waals surface area contributed by atoms with Crippen LogP contribution in [0.4, 0.5) is 0 Å². The van der Waals surface area contributed by atoms with Gasteiger partial charge in [0.15, 0.2) is 5.78 Å². The summed E-state index contributed by atoms with van der Waals surface area (Å²) in [5, 5.41) is 0. The number of ether oxygens (including phenoxy) is 1. The molecule has 1 fully saturated rings. The van der Waals surface area contributed by atoms with Crippen molar-refractivity contribution >= 4 is 11.8 Å². The van der Waals surface area contributed by atoms with E-state index in [0.717, 1.165) is 19.3 Å². The van der Waals surface area contributed by atoms with Crippen molar-refractivity contribution in [3.8, 4) is 0 Å². The van der Waals surface area contributed by atoms with Crippen LogP contribution < -0.4 is 0 Å². The molecule has 0 spiro atoms. The van der Waals surface area contributed by atoms with Crippen molar-refractivity contribution < 1.29 is 14.3 Å². The second-order valence-electron chi connectivity index (χ2n) is 3.99. The van der Waals surface area contributed by atoms with Crippen LogP contribution in [0.3, 0.4) is 0 Å². The number of Topliss-reactive ketones (excluding diaryl/α,β-unsaturated/α-hetero) is 1. The van der Waals surface area contributed by atoms with Crippen molar-refractivity contribution in [2.45, 2.75) is 19.3 Å². The summed E-state index contributed by atoms with van der Waals surface area (Å²) in [4.78, 5) is 24.9. The zero-order chi connectivity index (χ0) is 11.4. The molecule has 0 aromatic heterocycles. The number of methoxy groups -OCH3 is 1. The second kappa shape index (κ2) is 4.96. The van der Waals surface area contributed by atoms with Crippen LogP contribution in [0, 0.1) is 5.92 Å². The number of ketones is 1. The van der Waals surface area contributed by atoms with E-state index in [1.54, 1.807) is 19.0 Å². The van der Waals surface area contributed by atoms with E-state index in [1.807, 2.05) is 0 Å². The minimum Gasteiger partial charge on any atom is -0.465 e. The molecule has 1 rings (SSSR count). The first-order valence-electron chi connectivity index (χ1n) is 5.07. The highest BCUT2D eigenvalue weighted by Gasteiger charge is 2.31. The maximum Gasteiger partial charge on any atom is 0.342 e. The second-order valence-corrected chi connectivity index (χ2v) is 3.99. The zero-order valence-electron chi connectivity index (χ0n) is 9.45. The maximum atomic E-state index is 11.9. The summed E-state index contributed by atoms with van der Waals surface area (Å²) in [6.45, 7) is 0. The molecule has 0 saturated heterocycles. The third-order valence-corrected chi connectivity index (χ3v) is 2.53. The molecule has 0 heterocycles. The van der Waals surface area contributed by atoms with Gasteiger partial charge in [-0.2, -0.15) is 0 Å². The van der Waals surface area contributed by atoms with E-state index in [2.05, 4.69) is 4.74 Å². The van der Waals surface area contributed by atoms with Crippen molar-refractivity contribution in [3.63, 3.8) is 0 Å².